The van der Waals surface area contributed by atoms with Crippen LogP contribution in [0.1, 0.15) is 52.9 Å². The minimum Gasteiger partial charge on any atom is -0.459 e. The molecular weight excluding hydrogens is 396 g/mol. The second-order valence-corrected chi connectivity index (χ2v) is 8.76. The average Bonchev–Trinajstić information content (AvgIpc) is 3.45. The van der Waals surface area contributed by atoms with E-state index in [1.54, 1.807) is 18.2 Å². The van der Waals surface area contributed by atoms with E-state index in [0.29, 0.717) is 19.3 Å². The number of fused-ring (bicyclic) bond motifs is 1. The van der Waals surface area contributed by atoms with E-state index in [-0.39, 0.29) is 36.4 Å². The van der Waals surface area contributed by atoms with Crippen LogP contribution in [0.15, 0.2) is 48.6 Å². The number of epoxide rings is 1. The summed E-state index contributed by atoms with van der Waals surface area (Å²) in [7, 11) is 0. The first-order chi connectivity index (χ1) is 14.8. The van der Waals surface area contributed by atoms with Crippen molar-refractivity contribution in [1.82, 2.24) is 0 Å². The molecule has 0 aromatic rings. The van der Waals surface area contributed by atoms with Crippen molar-refractivity contribution >= 4 is 5.97 Å². The Morgan fingerprint density at radius 2 is 1.94 bits per heavy atom. The zero-order chi connectivity index (χ0) is 22.8. The van der Waals surface area contributed by atoms with Crippen molar-refractivity contribution in [2.75, 3.05) is 0 Å². The van der Waals surface area contributed by atoms with Gasteiger partial charge in [-0.2, -0.15) is 0 Å². The normalized spacial score (nSPS) is 36.8. The maximum atomic E-state index is 12.5. The van der Waals surface area contributed by atoms with Crippen LogP contribution in [-0.4, -0.2) is 57.9 Å². The highest BCUT2D eigenvalue weighted by Crippen LogP contribution is 2.31. The molecule has 0 bridgehead atoms. The molecule has 0 amide bonds. The predicted molar refractivity (Wildman–Crippen MR) is 120 cm³/mol. The number of esters is 1. The van der Waals surface area contributed by atoms with E-state index >= 15 is 0 Å². The Morgan fingerprint density at radius 3 is 2.68 bits per heavy atom. The molecule has 3 N–H and O–H groups in total. The van der Waals surface area contributed by atoms with Crippen molar-refractivity contribution < 1.29 is 29.6 Å². The molecule has 6 heteroatoms. The number of rotatable bonds is 6. The van der Waals surface area contributed by atoms with Gasteiger partial charge in [-0.25, -0.2) is 0 Å². The highest BCUT2D eigenvalue weighted by atomic mass is 16.6. The number of cyclic esters (lactones) is 1. The molecule has 8 atom stereocenters. The van der Waals surface area contributed by atoms with Gasteiger partial charge in [-0.15, -0.1) is 0 Å². The van der Waals surface area contributed by atoms with E-state index in [1.807, 2.05) is 26.8 Å². The standard InChI is InChI=1S/C25H38O6/c1-4-5-6-7-9-17(2)14-21(28)23-16-24-22(30-24)13-12-20(27)19(26)11-8-10-18(3)15-25(29)31-23/h4-5,7-9,11-13,17-24,26-28H,6,10,14-16H2,1-3H3/b5-4+,9-7+,11-8+,13-12+/t17-,18+,19+,20+,21+,22+,23+,24+/m1/s1. The molecular formula is C25H38O6. The fourth-order valence-corrected chi connectivity index (χ4v) is 3.65. The second kappa shape index (κ2) is 13.0. The molecule has 0 aromatic heterocycles. The third-order valence-electron chi connectivity index (χ3n) is 5.62. The topological polar surface area (TPSA) is 99.5 Å². The summed E-state index contributed by atoms with van der Waals surface area (Å²) < 4.78 is 11.3. The van der Waals surface area contributed by atoms with E-state index in [9.17, 15) is 20.1 Å². The van der Waals surface area contributed by atoms with Gasteiger partial charge in [0, 0.05) is 12.8 Å². The number of hydrogen-bond acceptors (Lipinski definition) is 6. The number of carbonyl (C=O) groups is 1. The average molecular weight is 435 g/mol. The summed E-state index contributed by atoms with van der Waals surface area (Å²) >= 11 is 0. The molecule has 6 nitrogen and oxygen atoms in total. The third kappa shape index (κ3) is 9.52. The molecule has 0 aliphatic carbocycles. The lowest BCUT2D eigenvalue weighted by molar-refractivity contribution is -0.157. The molecule has 2 aliphatic rings. The van der Waals surface area contributed by atoms with Crippen LogP contribution in [0.25, 0.3) is 0 Å². The Bertz CT molecular complexity index is 667. The number of ether oxygens (including phenoxy) is 2. The lowest BCUT2D eigenvalue weighted by Crippen LogP contribution is -2.34. The summed E-state index contributed by atoms with van der Waals surface area (Å²) in [4.78, 5) is 12.5. The molecule has 31 heavy (non-hydrogen) atoms. The molecule has 0 aromatic carbocycles. The monoisotopic (exact) mass is 434 g/mol. The van der Waals surface area contributed by atoms with Crippen LogP contribution in [0.4, 0.5) is 0 Å². The summed E-state index contributed by atoms with van der Waals surface area (Å²) in [5.74, 6) is -0.179. The number of aliphatic hydroxyl groups is 3. The van der Waals surface area contributed by atoms with Gasteiger partial charge >= 0.3 is 5.97 Å². The number of hydrogen-bond donors (Lipinski definition) is 3. The molecule has 2 aliphatic heterocycles. The molecule has 0 unspecified atom stereocenters. The first-order valence-electron chi connectivity index (χ1n) is 11.3. The van der Waals surface area contributed by atoms with Crippen molar-refractivity contribution in [2.24, 2.45) is 11.8 Å². The predicted octanol–water partition coefficient (Wildman–Crippen LogP) is 3.23. The minimum absolute atomic E-state index is 0.0185. The first kappa shape index (κ1) is 25.5. The van der Waals surface area contributed by atoms with E-state index in [4.69, 9.17) is 9.47 Å². The Kier molecular flexibility index (Phi) is 10.7. The molecule has 1 fully saturated rings. The van der Waals surface area contributed by atoms with Crippen LogP contribution < -0.4 is 0 Å². The maximum absolute atomic E-state index is 12.5. The fourth-order valence-electron chi connectivity index (χ4n) is 3.65. The quantitative estimate of drug-likeness (QED) is 0.337. The summed E-state index contributed by atoms with van der Waals surface area (Å²) in [6.07, 6.45) is 13.4. The van der Waals surface area contributed by atoms with Crippen LogP contribution in [-0.2, 0) is 14.3 Å². The molecule has 0 spiro atoms. The summed E-state index contributed by atoms with van der Waals surface area (Å²) in [5, 5.41) is 30.9. The molecule has 174 valence electrons. The van der Waals surface area contributed by atoms with Crippen molar-refractivity contribution in [3.05, 3.63) is 48.6 Å². The van der Waals surface area contributed by atoms with Gasteiger partial charge in [0.05, 0.1) is 12.2 Å². The summed E-state index contributed by atoms with van der Waals surface area (Å²) in [6.45, 7) is 5.94. The lowest BCUT2D eigenvalue weighted by Gasteiger charge is -2.25. The van der Waals surface area contributed by atoms with E-state index in [1.165, 1.54) is 6.08 Å². The summed E-state index contributed by atoms with van der Waals surface area (Å²) in [6, 6.07) is 0. The first-order valence-corrected chi connectivity index (χ1v) is 11.3. The zero-order valence-electron chi connectivity index (χ0n) is 18.8. The minimum atomic E-state index is -1.02. The van der Waals surface area contributed by atoms with E-state index in [0.717, 1.165) is 6.42 Å². The Hall–Kier alpha value is -1.73. The van der Waals surface area contributed by atoms with Crippen molar-refractivity contribution in [3.63, 3.8) is 0 Å². The van der Waals surface area contributed by atoms with Crippen molar-refractivity contribution in [2.45, 2.75) is 89.5 Å². The number of carbonyl (C=O) groups excluding carboxylic acids is 1. The van der Waals surface area contributed by atoms with Crippen molar-refractivity contribution in [1.29, 1.82) is 0 Å². The largest absolute Gasteiger partial charge is 0.459 e. The Morgan fingerprint density at radius 1 is 1.19 bits per heavy atom. The van der Waals surface area contributed by atoms with Gasteiger partial charge in [0.2, 0.25) is 0 Å². The van der Waals surface area contributed by atoms with Gasteiger partial charge in [0.15, 0.2) is 0 Å². The molecule has 2 heterocycles. The van der Waals surface area contributed by atoms with Crippen molar-refractivity contribution in [3.8, 4) is 0 Å². The van der Waals surface area contributed by atoms with Crippen LogP contribution in [0.3, 0.4) is 0 Å². The third-order valence-corrected chi connectivity index (χ3v) is 5.62. The summed E-state index contributed by atoms with van der Waals surface area (Å²) in [5.41, 5.74) is 0. The van der Waals surface area contributed by atoms with Gasteiger partial charge < -0.3 is 24.8 Å². The smallest absolute Gasteiger partial charge is 0.306 e. The Labute approximate surface area is 185 Å². The van der Waals surface area contributed by atoms with Crippen LogP contribution in [0, 0.1) is 11.8 Å². The van der Waals surface area contributed by atoms with Crippen LogP contribution >= 0.6 is 0 Å². The van der Waals surface area contributed by atoms with Gasteiger partial charge in [-0.1, -0.05) is 62.5 Å². The lowest BCUT2D eigenvalue weighted by atomic mass is 9.96. The van der Waals surface area contributed by atoms with Gasteiger partial charge in [-0.3, -0.25) is 4.79 Å². The number of aliphatic hydroxyl groups excluding tert-OH is 3. The zero-order valence-corrected chi connectivity index (χ0v) is 18.8. The second-order valence-electron chi connectivity index (χ2n) is 8.76. The molecule has 1 saturated heterocycles. The highest BCUT2D eigenvalue weighted by Gasteiger charge is 2.41. The molecule has 2 rings (SSSR count). The van der Waals surface area contributed by atoms with E-state index < -0.39 is 24.4 Å². The van der Waals surface area contributed by atoms with E-state index in [2.05, 4.69) is 18.2 Å². The van der Waals surface area contributed by atoms with Crippen LogP contribution in [0.5, 0.6) is 0 Å². The van der Waals surface area contributed by atoms with Gasteiger partial charge in [-0.05, 0) is 38.0 Å². The Balaban J connectivity index is 2.04. The fraction of sp³-hybridized carbons (Fsp3) is 0.640. The highest BCUT2D eigenvalue weighted by molar-refractivity contribution is 5.69. The van der Waals surface area contributed by atoms with Gasteiger partial charge in [0.25, 0.3) is 0 Å². The van der Waals surface area contributed by atoms with Crippen LogP contribution in [0.2, 0.25) is 0 Å². The molecule has 0 saturated carbocycles. The van der Waals surface area contributed by atoms with Gasteiger partial charge in [0.1, 0.15) is 24.4 Å². The maximum Gasteiger partial charge on any atom is 0.306 e. The SMILES string of the molecule is C/C=C/C/C=C/[C@@H](C)C[C@H](O)[C@@H]1C[C@@H]2O[C@H]2/C=C/[C@H](O)[C@@H](O)/C=C/C[C@H](C)CC(=O)O1. The number of allylic oxidation sites excluding steroid dienone is 5. The molecule has 0 radical (unpaired) electrons.